The van der Waals surface area contributed by atoms with Crippen molar-refractivity contribution in [2.45, 2.75) is 25.6 Å². The monoisotopic (exact) mass is 484 g/mol. The molecule has 1 saturated heterocycles. The Balaban J connectivity index is 1.56. The van der Waals surface area contributed by atoms with Crippen LogP contribution in [-0.2, 0) is 9.47 Å². The molecule has 0 N–H and O–H groups in total. The van der Waals surface area contributed by atoms with Crippen LogP contribution >= 0.6 is 0 Å². The van der Waals surface area contributed by atoms with Crippen molar-refractivity contribution < 1.29 is 31.8 Å². The quantitative estimate of drug-likeness (QED) is 0.197. The van der Waals surface area contributed by atoms with E-state index in [9.17, 15) is 17.6 Å². The summed E-state index contributed by atoms with van der Waals surface area (Å²) in [7, 11) is 0. The standard InChI is InChI=1S/C28H24F4O3/c1-3-5-14-33-23-13-12-21(27(31)28(23)32)18-8-6-17(7-9-18)20-10-11-22(26(30)25(20)29)19-15-34-24(4-2)35-16-19/h4-14,19,24H,2-3,15-16H2,1H3/b14-5-. The van der Waals surface area contributed by atoms with Gasteiger partial charge in [-0.2, -0.15) is 4.39 Å². The average molecular weight is 484 g/mol. The molecule has 0 amide bonds. The molecule has 1 aliphatic rings. The van der Waals surface area contributed by atoms with E-state index < -0.39 is 35.5 Å². The Morgan fingerprint density at radius 1 is 0.829 bits per heavy atom. The lowest BCUT2D eigenvalue weighted by molar-refractivity contribution is -0.159. The Bertz CT molecular complexity index is 1230. The highest BCUT2D eigenvalue weighted by atomic mass is 19.2. The van der Waals surface area contributed by atoms with Gasteiger partial charge in [-0.1, -0.05) is 49.9 Å². The molecular formula is C28H24F4O3. The minimum atomic E-state index is -1.11. The average Bonchev–Trinajstić information content (AvgIpc) is 2.89. The van der Waals surface area contributed by atoms with Crippen molar-refractivity contribution in [3.63, 3.8) is 0 Å². The maximum Gasteiger partial charge on any atom is 0.201 e. The second-order valence-corrected chi connectivity index (χ2v) is 8.01. The van der Waals surface area contributed by atoms with Gasteiger partial charge in [0.1, 0.15) is 0 Å². The molecule has 0 bridgehead atoms. The van der Waals surface area contributed by atoms with Gasteiger partial charge < -0.3 is 14.2 Å². The van der Waals surface area contributed by atoms with Crippen molar-refractivity contribution in [3.05, 3.63) is 102 Å². The van der Waals surface area contributed by atoms with Crippen LogP contribution < -0.4 is 4.74 Å². The summed E-state index contributed by atoms with van der Waals surface area (Å²) in [6, 6.07) is 11.8. The second-order valence-electron chi connectivity index (χ2n) is 8.01. The molecule has 1 heterocycles. The first-order valence-corrected chi connectivity index (χ1v) is 11.2. The number of hydrogen-bond donors (Lipinski definition) is 0. The molecule has 0 aliphatic carbocycles. The van der Waals surface area contributed by atoms with E-state index in [1.165, 1.54) is 60.9 Å². The molecule has 35 heavy (non-hydrogen) atoms. The lowest BCUT2D eigenvalue weighted by Crippen LogP contribution is -2.30. The van der Waals surface area contributed by atoms with Crippen molar-refractivity contribution in [1.29, 1.82) is 0 Å². The van der Waals surface area contributed by atoms with Crippen LogP contribution in [-0.4, -0.2) is 19.5 Å². The van der Waals surface area contributed by atoms with E-state index >= 15 is 0 Å². The summed E-state index contributed by atoms with van der Waals surface area (Å²) < 4.78 is 74.8. The maximum absolute atomic E-state index is 15.0. The fraction of sp³-hybridized carbons (Fsp3) is 0.214. The van der Waals surface area contributed by atoms with Gasteiger partial charge in [-0.15, -0.1) is 0 Å². The molecule has 3 aromatic rings. The number of hydrogen-bond acceptors (Lipinski definition) is 3. The number of benzene rings is 3. The molecule has 1 fully saturated rings. The molecular weight excluding hydrogens is 460 g/mol. The predicted octanol–water partition coefficient (Wildman–Crippen LogP) is 7.52. The van der Waals surface area contributed by atoms with Crippen LogP contribution in [0, 0.1) is 23.3 Å². The molecule has 0 unspecified atom stereocenters. The van der Waals surface area contributed by atoms with Crippen molar-refractivity contribution in [1.82, 2.24) is 0 Å². The zero-order valence-electron chi connectivity index (χ0n) is 19.1. The fourth-order valence-electron chi connectivity index (χ4n) is 3.83. The fourth-order valence-corrected chi connectivity index (χ4v) is 3.83. The SMILES string of the molecule is C=CC1OCC(c2ccc(-c3ccc(-c4ccc(O/C=C\CC)c(F)c4F)cc3)c(F)c2F)CO1. The molecule has 0 aromatic heterocycles. The predicted molar refractivity (Wildman–Crippen MR) is 126 cm³/mol. The normalized spacial score (nSPS) is 18.1. The molecule has 0 radical (unpaired) electrons. The van der Waals surface area contributed by atoms with Gasteiger partial charge in [0.25, 0.3) is 0 Å². The zero-order chi connectivity index (χ0) is 24.9. The summed E-state index contributed by atoms with van der Waals surface area (Å²) in [5.41, 5.74) is 1.02. The Morgan fingerprint density at radius 3 is 1.97 bits per heavy atom. The van der Waals surface area contributed by atoms with Crippen LogP contribution in [0.3, 0.4) is 0 Å². The topological polar surface area (TPSA) is 27.7 Å². The molecule has 3 nitrogen and oxygen atoms in total. The van der Waals surface area contributed by atoms with Crippen LogP contribution in [0.5, 0.6) is 5.75 Å². The van der Waals surface area contributed by atoms with Gasteiger partial charge in [0.05, 0.1) is 19.5 Å². The smallest absolute Gasteiger partial charge is 0.201 e. The highest BCUT2D eigenvalue weighted by molar-refractivity contribution is 5.72. The molecule has 3 aromatic carbocycles. The Labute approximate surface area is 201 Å². The third-order valence-electron chi connectivity index (χ3n) is 5.75. The zero-order valence-corrected chi connectivity index (χ0v) is 19.1. The van der Waals surface area contributed by atoms with Crippen molar-refractivity contribution in [3.8, 4) is 28.0 Å². The number of halogens is 4. The number of ether oxygens (including phenoxy) is 3. The molecule has 0 saturated carbocycles. The minimum absolute atomic E-state index is 0.0259. The summed E-state index contributed by atoms with van der Waals surface area (Å²) in [5, 5.41) is 0. The van der Waals surface area contributed by atoms with E-state index in [-0.39, 0.29) is 35.7 Å². The van der Waals surface area contributed by atoms with Crippen molar-refractivity contribution >= 4 is 0 Å². The Morgan fingerprint density at radius 2 is 1.40 bits per heavy atom. The molecule has 7 heteroatoms. The minimum Gasteiger partial charge on any atom is -0.462 e. The van der Waals surface area contributed by atoms with Gasteiger partial charge in [-0.3, -0.25) is 0 Å². The molecule has 0 spiro atoms. The van der Waals surface area contributed by atoms with Gasteiger partial charge in [0.15, 0.2) is 29.5 Å². The molecule has 1 aliphatic heterocycles. The third-order valence-corrected chi connectivity index (χ3v) is 5.75. The van der Waals surface area contributed by atoms with Gasteiger partial charge in [-0.25, -0.2) is 13.2 Å². The van der Waals surface area contributed by atoms with E-state index in [1.54, 1.807) is 6.08 Å². The number of allylic oxidation sites excluding steroid dienone is 1. The van der Waals surface area contributed by atoms with E-state index in [0.29, 0.717) is 17.5 Å². The summed E-state index contributed by atoms with van der Waals surface area (Å²) in [4.78, 5) is 0. The maximum atomic E-state index is 15.0. The lowest BCUT2D eigenvalue weighted by Gasteiger charge is -2.28. The van der Waals surface area contributed by atoms with E-state index in [0.717, 1.165) is 0 Å². The lowest BCUT2D eigenvalue weighted by atomic mass is 9.94. The van der Waals surface area contributed by atoms with E-state index in [4.69, 9.17) is 14.2 Å². The van der Waals surface area contributed by atoms with Crippen LogP contribution in [0.25, 0.3) is 22.3 Å². The van der Waals surface area contributed by atoms with Crippen LogP contribution in [0.15, 0.2) is 73.5 Å². The second kappa shape index (κ2) is 10.9. The molecule has 0 atom stereocenters. The first-order valence-electron chi connectivity index (χ1n) is 11.2. The summed E-state index contributed by atoms with van der Waals surface area (Å²) >= 11 is 0. The summed E-state index contributed by atoms with van der Waals surface area (Å²) in [6.45, 7) is 5.83. The molecule has 182 valence electrons. The first kappa shape index (κ1) is 24.7. The van der Waals surface area contributed by atoms with Gasteiger partial charge >= 0.3 is 0 Å². The van der Waals surface area contributed by atoms with Gasteiger partial charge in [-0.05, 0) is 47.4 Å². The largest absolute Gasteiger partial charge is 0.462 e. The van der Waals surface area contributed by atoms with Crippen molar-refractivity contribution in [2.75, 3.05) is 13.2 Å². The number of rotatable bonds is 7. The highest BCUT2D eigenvalue weighted by Gasteiger charge is 2.26. The van der Waals surface area contributed by atoms with Gasteiger partial charge in [0, 0.05) is 17.0 Å². The van der Waals surface area contributed by atoms with Crippen molar-refractivity contribution in [2.24, 2.45) is 0 Å². The first-order chi connectivity index (χ1) is 16.9. The van der Waals surface area contributed by atoms with Crippen LogP contribution in [0.1, 0.15) is 24.8 Å². The summed E-state index contributed by atoms with van der Waals surface area (Å²) in [5.74, 6) is -4.80. The molecule has 4 rings (SSSR count). The Kier molecular flexibility index (Phi) is 7.68. The third kappa shape index (κ3) is 5.16. The van der Waals surface area contributed by atoms with Crippen LogP contribution in [0.4, 0.5) is 17.6 Å². The van der Waals surface area contributed by atoms with E-state index in [2.05, 4.69) is 6.58 Å². The Hall–Kier alpha value is -3.42. The van der Waals surface area contributed by atoms with Crippen LogP contribution in [0.2, 0.25) is 0 Å². The van der Waals surface area contributed by atoms with Gasteiger partial charge in [0.2, 0.25) is 5.82 Å². The van der Waals surface area contributed by atoms with E-state index in [1.807, 2.05) is 6.92 Å². The highest BCUT2D eigenvalue weighted by Crippen LogP contribution is 2.34. The summed E-state index contributed by atoms with van der Waals surface area (Å²) in [6.07, 6.45) is 4.61.